The molecule has 1 saturated carbocycles. The van der Waals surface area contributed by atoms with Crippen molar-refractivity contribution in [2.45, 2.75) is 51.1 Å². The summed E-state index contributed by atoms with van der Waals surface area (Å²) in [5.41, 5.74) is 5.59. The van der Waals surface area contributed by atoms with Crippen LogP contribution in [0.5, 0.6) is 0 Å². The van der Waals surface area contributed by atoms with E-state index < -0.39 is 6.04 Å². The molecule has 0 aromatic heterocycles. The van der Waals surface area contributed by atoms with E-state index in [9.17, 15) is 4.79 Å². The highest BCUT2D eigenvalue weighted by atomic mass is 16.2. The minimum Gasteiger partial charge on any atom is -0.350 e. The summed E-state index contributed by atoms with van der Waals surface area (Å²) in [6.45, 7) is 4.00. The van der Waals surface area contributed by atoms with E-state index in [0.717, 1.165) is 19.3 Å². The van der Waals surface area contributed by atoms with Gasteiger partial charge in [-0.2, -0.15) is 5.26 Å². The number of hydrogen-bond acceptors (Lipinski definition) is 3. The van der Waals surface area contributed by atoms with Crippen LogP contribution < -0.4 is 11.1 Å². The molecule has 3 N–H and O–H groups in total. The first-order chi connectivity index (χ1) is 7.15. The van der Waals surface area contributed by atoms with Crippen LogP contribution in [-0.4, -0.2) is 17.5 Å². The van der Waals surface area contributed by atoms with Gasteiger partial charge in [0, 0.05) is 11.5 Å². The quantitative estimate of drug-likeness (QED) is 0.709. The van der Waals surface area contributed by atoms with Gasteiger partial charge in [0.05, 0.1) is 12.1 Å². The maximum absolute atomic E-state index is 11.4. The SMILES string of the molecule is CC.N#CC(N)CC1CC2(CC2)NC1=O. The predicted molar refractivity (Wildman–Crippen MR) is 57.8 cm³/mol. The van der Waals surface area contributed by atoms with Gasteiger partial charge in [-0.3, -0.25) is 4.79 Å². The summed E-state index contributed by atoms with van der Waals surface area (Å²) in [5, 5.41) is 11.5. The van der Waals surface area contributed by atoms with Crippen molar-refractivity contribution in [3.8, 4) is 6.07 Å². The topological polar surface area (TPSA) is 78.9 Å². The van der Waals surface area contributed by atoms with Gasteiger partial charge < -0.3 is 11.1 Å². The molecule has 2 aliphatic rings. The summed E-state index contributed by atoms with van der Waals surface area (Å²) in [5.74, 6) is 0.0559. The van der Waals surface area contributed by atoms with E-state index in [0.29, 0.717) is 6.42 Å². The molecule has 1 saturated heterocycles. The van der Waals surface area contributed by atoms with Crippen LogP contribution in [0.2, 0.25) is 0 Å². The number of nitrogens with two attached hydrogens (primary N) is 1. The maximum Gasteiger partial charge on any atom is 0.223 e. The Hall–Kier alpha value is -1.08. The Morgan fingerprint density at radius 3 is 2.67 bits per heavy atom. The van der Waals surface area contributed by atoms with E-state index in [2.05, 4.69) is 5.32 Å². The van der Waals surface area contributed by atoms with Crippen LogP contribution in [0.15, 0.2) is 0 Å². The maximum atomic E-state index is 11.4. The van der Waals surface area contributed by atoms with E-state index in [1.54, 1.807) is 0 Å². The molecule has 2 rings (SSSR count). The van der Waals surface area contributed by atoms with Crippen LogP contribution in [-0.2, 0) is 4.79 Å². The van der Waals surface area contributed by atoms with Crippen molar-refractivity contribution in [1.82, 2.24) is 5.32 Å². The van der Waals surface area contributed by atoms with E-state index in [4.69, 9.17) is 11.0 Å². The van der Waals surface area contributed by atoms with Gasteiger partial charge in [0.15, 0.2) is 0 Å². The molecule has 1 aliphatic carbocycles. The highest BCUT2D eigenvalue weighted by Gasteiger charge is 2.52. The Bertz CT molecular complexity index is 278. The third-order valence-corrected chi connectivity index (χ3v) is 2.95. The summed E-state index contributed by atoms with van der Waals surface area (Å²) in [6, 6.07) is 1.46. The van der Waals surface area contributed by atoms with Gasteiger partial charge in [-0.15, -0.1) is 0 Å². The zero-order chi connectivity index (χ0) is 11.5. The molecule has 15 heavy (non-hydrogen) atoms. The Balaban J connectivity index is 0.000000531. The normalized spacial score (nSPS) is 27.3. The lowest BCUT2D eigenvalue weighted by Gasteiger charge is -2.07. The van der Waals surface area contributed by atoms with Gasteiger partial charge in [-0.25, -0.2) is 0 Å². The number of rotatable bonds is 2. The Morgan fingerprint density at radius 1 is 1.67 bits per heavy atom. The molecule has 1 aliphatic heterocycles. The molecule has 2 fully saturated rings. The number of amides is 1. The van der Waals surface area contributed by atoms with Crippen molar-refractivity contribution in [3.63, 3.8) is 0 Å². The highest BCUT2D eigenvalue weighted by Crippen LogP contribution is 2.46. The predicted octanol–water partition coefficient (Wildman–Crippen LogP) is 0.922. The average molecular weight is 209 g/mol. The van der Waals surface area contributed by atoms with E-state index in [-0.39, 0.29) is 17.4 Å². The standard InChI is InChI=1S/C9H13N3O.C2H6/c10-5-7(11)3-6-4-9(1-2-9)12-8(6)13;1-2/h6-7H,1-4,11H2,(H,12,13);1-2H3. The number of nitrogens with one attached hydrogen (secondary N) is 1. The second kappa shape index (κ2) is 4.63. The zero-order valence-electron chi connectivity index (χ0n) is 9.42. The van der Waals surface area contributed by atoms with E-state index >= 15 is 0 Å². The lowest BCUT2D eigenvalue weighted by atomic mass is 9.96. The molecule has 0 aromatic rings. The first-order valence-electron chi connectivity index (χ1n) is 5.62. The van der Waals surface area contributed by atoms with Gasteiger partial charge >= 0.3 is 0 Å². The van der Waals surface area contributed by atoms with Gasteiger partial charge in [0.1, 0.15) is 0 Å². The fraction of sp³-hybridized carbons (Fsp3) is 0.818. The Kier molecular flexibility index (Phi) is 3.70. The summed E-state index contributed by atoms with van der Waals surface area (Å²) in [4.78, 5) is 11.4. The van der Waals surface area contributed by atoms with Crippen LogP contribution in [0.3, 0.4) is 0 Å². The molecular weight excluding hydrogens is 190 g/mol. The Labute approximate surface area is 90.8 Å². The molecule has 4 nitrogen and oxygen atoms in total. The second-order valence-electron chi connectivity index (χ2n) is 4.14. The fourth-order valence-electron chi connectivity index (χ4n) is 2.01. The summed E-state index contributed by atoms with van der Waals surface area (Å²) < 4.78 is 0. The molecule has 84 valence electrons. The van der Waals surface area contributed by atoms with Crippen LogP contribution in [0, 0.1) is 17.2 Å². The average Bonchev–Trinajstić information content (AvgIpc) is 2.91. The summed E-state index contributed by atoms with van der Waals surface area (Å²) >= 11 is 0. The third-order valence-electron chi connectivity index (χ3n) is 2.95. The minimum absolute atomic E-state index is 0.0304. The largest absolute Gasteiger partial charge is 0.350 e. The van der Waals surface area contributed by atoms with Crippen LogP contribution >= 0.6 is 0 Å². The first-order valence-corrected chi connectivity index (χ1v) is 5.62. The number of carbonyl (C=O) groups is 1. The number of nitriles is 1. The minimum atomic E-state index is -0.496. The number of hydrogen-bond donors (Lipinski definition) is 2. The zero-order valence-corrected chi connectivity index (χ0v) is 9.42. The van der Waals surface area contributed by atoms with Crippen LogP contribution in [0.4, 0.5) is 0 Å². The highest BCUT2D eigenvalue weighted by molar-refractivity contribution is 5.83. The number of nitrogens with zero attached hydrogens (tertiary/aromatic N) is 1. The van der Waals surface area contributed by atoms with Gasteiger partial charge in [0.2, 0.25) is 5.91 Å². The molecule has 4 heteroatoms. The fourth-order valence-corrected chi connectivity index (χ4v) is 2.01. The van der Waals surface area contributed by atoms with Gasteiger partial charge in [0.25, 0.3) is 0 Å². The molecule has 0 aromatic carbocycles. The summed E-state index contributed by atoms with van der Waals surface area (Å²) in [7, 11) is 0. The molecule has 1 amide bonds. The van der Waals surface area contributed by atoms with Crippen molar-refractivity contribution < 1.29 is 4.79 Å². The molecule has 1 heterocycles. The van der Waals surface area contributed by atoms with E-state index in [1.165, 1.54) is 0 Å². The van der Waals surface area contributed by atoms with Crippen molar-refractivity contribution in [3.05, 3.63) is 0 Å². The van der Waals surface area contributed by atoms with Crippen LogP contribution in [0.1, 0.15) is 39.5 Å². The summed E-state index contributed by atoms with van der Waals surface area (Å²) in [6.07, 6.45) is 3.57. The molecular formula is C11H19N3O. The van der Waals surface area contributed by atoms with Crippen molar-refractivity contribution in [1.29, 1.82) is 5.26 Å². The second-order valence-corrected chi connectivity index (χ2v) is 4.14. The lowest BCUT2D eigenvalue weighted by molar-refractivity contribution is -0.122. The van der Waals surface area contributed by atoms with Gasteiger partial charge in [-0.1, -0.05) is 13.8 Å². The third kappa shape index (κ3) is 2.69. The lowest BCUT2D eigenvalue weighted by Crippen LogP contribution is -2.29. The Morgan fingerprint density at radius 2 is 2.27 bits per heavy atom. The molecule has 1 spiro atoms. The number of carbonyl (C=O) groups excluding carboxylic acids is 1. The smallest absolute Gasteiger partial charge is 0.223 e. The molecule has 2 unspecified atom stereocenters. The van der Waals surface area contributed by atoms with E-state index in [1.807, 2.05) is 19.9 Å². The molecule has 0 radical (unpaired) electrons. The van der Waals surface area contributed by atoms with Gasteiger partial charge in [-0.05, 0) is 25.7 Å². The monoisotopic (exact) mass is 209 g/mol. The van der Waals surface area contributed by atoms with Crippen molar-refractivity contribution in [2.24, 2.45) is 11.7 Å². The van der Waals surface area contributed by atoms with Crippen molar-refractivity contribution >= 4 is 5.91 Å². The van der Waals surface area contributed by atoms with Crippen LogP contribution in [0.25, 0.3) is 0 Å². The first kappa shape index (κ1) is 12.0. The molecule has 2 atom stereocenters. The molecule has 0 bridgehead atoms. The van der Waals surface area contributed by atoms with Crippen molar-refractivity contribution in [2.75, 3.05) is 0 Å².